The van der Waals surface area contributed by atoms with Crippen LogP contribution in [0.3, 0.4) is 0 Å². The number of hydrogen-bond donors (Lipinski definition) is 1. The van der Waals surface area contributed by atoms with E-state index in [1.165, 1.54) is 6.08 Å². The zero-order valence-electron chi connectivity index (χ0n) is 19.0. The highest BCUT2D eigenvalue weighted by atomic mass is 35.5. The van der Waals surface area contributed by atoms with E-state index in [2.05, 4.69) is 5.32 Å². The maximum absolute atomic E-state index is 12.9. The molecule has 0 aliphatic heterocycles. The Hall–Kier alpha value is -4.54. The Labute approximate surface area is 207 Å². The third kappa shape index (κ3) is 5.18. The standard InChI is InChI=1S/C27H21ClN4O3/c1-34-24-13-12-18(15-25(24)35-2)26-20(17-32(31-26)21-8-4-3-5-9-21)14-19(16-29)27(33)30-23-11-7-6-10-22(23)28/h3-15,17H,1-2H3,(H,30,33)/b19-14+. The topological polar surface area (TPSA) is 89.2 Å². The molecule has 8 heteroatoms. The SMILES string of the molecule is COc1ccc(-c2nn(-c3ccccc3)cc2/C=C(\C#N)C(=O)Nc2ccccc2Cl)cc1OC. The van der Waals surface area contributed by atoms with Crippen LogP contribution in [-0.4, -0.2) is 29.9 Å². The van der Waals surface area contributed by atoms with Crippen LogP contribution in [0.1, 0.15) is 5.56 Å². The second kappa shape index (κ2) is 10.6. The number of para-hydroxylation sites is 2. The van der Waals surface area contributed by atoms with Gasteiger partial charge in [-0.1, -0.05) is 41.9 Å². The molecule has 4 aromatic rings. The van der Waals surface area contributed by atoms with Crippen molar-refractivity contribution in [2.75, 3.05) is 19.5 Å². The van der Waals surface area contributed by atoms with Gasteiger partial charge in [0.25, 0.3) is 5.91 Å². The average Bonchev–Trinajstić information content (AvgIpc) is 3.32. The predicted octanol–water partition coefficient (Wildman–Crippen LogP) is 5.76. The van der Waals surface area contributed by atoms with Crippen molar-refractivity contribution in [1.29, 1.82) is 5.26 Å². The van der Waals surface area contributed by atoms with Crippen molar-refractivity contribution in [2.24, 2.45) is 0 Å². The van der Waals surface area contributed by atoms with Crippen molar-refractivity contribution >= 4 is 29.3 Å². The summed E-state index contributed by atoms with van der Waals surface area (Å²) >= 11 is 6.15. The number of carbonyl (C=O) groups excluding carboxylic acids is 1. The predicted molar refractivity (Wildman–Crippen MR) is 136 cm³/mol. The van der Waals surface area contributed by atoms with Crippen LogP contribution < -0.4 is 14.8 Å². The van der Waals surface area contributed by atoms with Crippen LogP contribution in [0.2, 0.25) is 5.02 Å². The Balaban J connectivity index is 1.80. The number of amides is 1. The largest absolute Gasteiger partial charge is 0.493 e. The van der Waals surface area contributed by atoms with E-state index in [1.807, 2.05) is 42.5 Å². The van der Waals surface area contributed by atoms with Gasteiger partial charge < -0.3 is 14.8 Å². The molecule has 0 saturated heterocycles. The number of nitriles is 1. The summed E-state index contributed by atoms with van der Waals surface area (Å²) < 4.78 is 12.5. The van der Waals surface area contributed by atoms with E-state index in [0.717, 1.165) is 11.3 Å². The summed E-state index contributed by atoms with van der Waals surface area (Å²) in [5.74, 6) is 0.533. The molecule has 0 unspecified atom stereocenters. The molecule has 0 bridgehead atoms. The molecule has 0 radical (unpaired) electrons. The number of aromatic nitrogens is 2. The fourth-order valence-corrected chi connectivity index (χ4v) is 3.65. The van der Waals surface area contributed by atoms with Gasteiger partial charge >= 0.3 is 0 Å². The molecular formula is C27H21ClN4O3. The molecule has 3 aromatic carbocycles. The van der Waals surface area contributed by atoms with E-state index < -0.39 is 5.91 Å². The molecule has 0 aliphatic rings. The third-order valence-electron chi connectivity index (χ3n) is 5.21. The first-order chi connectivity index (χ1) is 17.0. The number of nitrogens with zero attached hydrogens (tertiary/aromatic N) is 3. The molecule has 0 atom stereocenters. The Morgan fingerprint density at radius 3 is 2.43 bits per heavy atom. The van der Waals surface area contributed by atoms with Gasteiger partial charge in [0.2, 0.25) is 0 Å². The normalized spacial score (nSPS) is 11.0. The van der Waals surface area contributed by atoms with Crippen LogP contribution in [0, 0.1) is 11.3 Å². The minimum absolute atomic E-state index is 0.0979. The van der Waals surface area contributed by atoms with Gasteiger partial charge in [0.1, 0.15) is 17.3 Å². The molecule has 4 rings (SSSR count). The van der Waals surface area contributed by atoms with Crippen LogP contribution in [0.5, 0.6) is 11.5 Å². The third-order valence-corrected chi connectivity index (χ3v) is 5.54. The lowest BCUT2D eigenvalue weighted by Gasteiger charge is -2.09. The average molecular weight is 485 g/mol. The van der Waals surface area contributed by atoms with Gasteiger partial charge in [0.15, 0.2) is 11.5 Å². The van der Waals surface area contributed by atoms with Gasteiger partial charge in [-0.2, -0.15) is 10.4 Å². The minimum Gasteiger partial charge on any atom is -0.493 e. The second-order valence-electron chi connectivity index (χ2n) is 7.39. The highest BCUT2D eigenvalue weighted by Gasteiger charge is 2.17. The summed E-state index contributed by atoms with van der Waals surface area (Å²) in [6.45, 7) is 0. The smallest absolute Gasteiger partial charge is 0.266 e. The Kier molecular flexibility index (Phi) is 7.15. The lowest BCUT2D eigenvalue weighted by Crippen LogP contribution is -2.13. The van der Waals surface area contributed by atoms with E-state index in [-0.39, 0.29) is 5.57 Å². The van der Waals surface area contributed by atoms with Crippen molar-refractivity contribution in [3.63, 3.8) is 0 Å². The van der Waals surface area contributed by atoms with Crippen LogP contribution in [0.15, 0.2) is 84.6 Å². The van der Waals surface area contributed by atoms with Crippen LogP contribution in [-0.2, 0) is 4.79 Å². The number of methoxy groups -OCH3 is 2. The summed E-state index contributed by atoms with van der Waals surface area (Å²) in [4.78, 5) is 12.9. The molecule has 7 nitrogen and oxygen atoms in total. The first-order valence-corrected chi connectivity index (χ1v) is 11.0. The maximum atomic E-state index is 12.9. The fraction of sp³-hybridized carbons (Fsp3) is 0.0741. The number of halogens is 1. The van der Waals surface area contributed by atoms with Gasteiger partial charge in [-0.3, -0.25) is 4.79 Å². The Bertz CT molecular complexity index is 1440. The number of rotatable bonds is 7. The van der Waals surface area contributed by atoms with Gasteiger partial charge in [-0.15, -0.1) is 0 Å². The lowest BCUT2D eigenvalue weighted by atomic mass is 10.0. The lowest BCUT2D eigenvalue weighted by molar-refractivity contribution is -0.112. The van der Waals surface area contributed by atoms with E-state index in [1.54, 1.807) is 61.5 Å². The van der Waals surface area contributed by atoms with E-state index in [0.29, 0.717) is 33.5 Å². The summed E-state index contributed by atoms with van der Waals surface area (Å²) in [6.07, 6.45) is 3.27. The van der Waals surface area contributed by atoms with Crippen LogP contribution >= 0.6 is 11.6 Å². The van der Waals surface area contributed by atoms with Crippen LogP contribution in [0.4, 0.5) is 5.69 Å². The number of ether oxygens (including phenoxy) is 2. The highest BCUT2D eigenvalue weighted by Crippen LogP contribution is 2.34. The molecule has 1 amide bonds. The van der Waals surface area contributed by atoms with Gasteiger partial charge in [0, 0.05) is 17.3 Å². The van der Waals surface area contributed by atoms with Crippen molar-refractivity contribution in [3.8, 4) is 34.5 Å². The second-order valence-corrected chi connectivity index (χ2v) is 7.79. The number of carbonyl (C=O) groups is 1. The van der Waals surface area contributed by atoms with Crippen molar-refractivity contribution in [1.82, 2.24) is 9.78 Å². The quantitative estimate of drug-likeness (QED) is 0.266. The van der Waals surface area contributed by atoms with Crippen molar-refractivity contribution in [2.45, 2.75) is 0 Å². The van der Waals surface area contributed by atoms with Crippen molar-refractivity contribution < 1.29 is 14.3 Å². The fourth-order valence-electron chi connectivity index (χ4n) is 3.47. The monoisotopic (exact) mass is 484 g/mol. The number of benzene rings is 3. The minimum atomic E-state index is -0.577. The first kappa shape index (κ1) is 23.6. The van der Waals surface area contributed by atoms with E-state index in [4.69, 9.17) is 26.2 Å². The zero-order valence-corrected chi connectivity index (χ0v) is 19.8. The summed E-state index contributed by atoms with van der Waals surface area (Å²) in [6, 6.07) is 23.8. The molecule has 0 aliphatic carbocycles. The van der Waals surface area contributed by atoms with Gasteiger partial charge in [0.05, 0.1) is 30.6 Å². The van der Waals surface area contributed by atoms with Crippen molar-refractivity contribution in [3.05, 3.63) is 95.2 Å². The van der Waals surface area contributed by atoms with Gasteiger partial charge in [-0.05, 0) is 48.5 Å². The molecule has 1 N–H and O–H groups in total. The molecule has 0 fully saturated rings. The molecule has 1 heterocycles. The Morgan fingerprint density at radius 2 is 1.74 bits per heavy atom. The molecular weight excluding hydrogens is 464 g/mol. The molecule has 1 aromatic heterocycles. The van der Waals surface area contributed by atoms with Crippen LogP contribution in [0.25, 0.3) is 23.0 Å². The first-order valence-electron chi connectivity index (χ1n) is 10.6. The summed E-state index contributed by atoms with van der Waals surface area (Å²) in [5.41, 5.74) is 3.01. The molecule has 0 saturated carbocycles. The summed E-state index contributed by atoms with van der Waals surface area (Å²) in [5, 5.41) is 17.6. The maximum Gasteiger partial charge on any atom is 0.266 e. The molecule has 174 valence electrons. The summed E-state index contributed by atoms with van der Waals surface area (Å²) in [7, 11) is 3.12. The van der Waals surface area contributed by atoms with Gasteiger partial charge in [-0.25, -0.2) is 4.68 Å². The molecule has 35 heavy (non-hydrogen) atoms. The number of hydrogen-bond acceptors (Lipinski definition) is 5. The van der Waals surface area contributed by atoms with E-state index in [9.17, 15) is 10.1 Å². The molecule has 0 spiro atoms. The Morgan fingerprint density at radius 1 is 1.03 bits per heavy atom. The number of nitrogens with one attached hydrogen (secondary N) is 1. The number of anilines is 1. The van der Waals surface area contributed by atoms with E-state index >= 15 is 0 Å². The highest BCUT2D eigenvalue weighted by molar-refractivity contribution is 6.34. The zero-order chi connectivity index (χ0) is 24.8.